The van der Waals surface area contributed by atoms with Crippen LogP contribution in [0.25, 0.3) is 10.8 Å². The van der Waals surface area contributed by atoms with E-state index in [1.807, 2.05) is 44.2 Å². The lowest BCUT2D eigenvalue weighted by Gasteiger charge is -2.22. The number of fused-ring (bicyclic) bond motifs is 1. The van der Waals surface area contributed by atoms with Crippen LogP contribution in [0, 0.1) is 5.92 Å². The van der Waals surface area contributed by atoms with Gasteiger partial charge in [0.1, 0.15) is 5.70 Å². The van der Waals surface area contributed by atoms with Gasteiger partial charge >= 0.3 is 5.97 Å². The maximum Gasteiger partial charge on any atom is 0.339 e. The summed E-state index contributed by atoms with van der Waals surface area (Å²) in [5, 5.41) is 7.21. The second kappa shape index (κ2) is 13.1. The second-order valence-electron chi connectivity index (χ2n) is 8.23. The van der Waals surface area contributed by atoms with Gasteiger partial charge in [-0.15, -0.1) is 0 Å². The van der Waals surface area contributed by atoms with Gasteiger partial charge < -0.3 is 15.4 Å². The van der Waals surface area contributed by atoms with Crippen molar-refractivity contribution in [1.29, 1.82) is 0 Å². The van der Waals surface area contributed by atoms with Crippen LogP contribution in [0.1, 0.15) is 63.7 Å². The number of benzene rings is 2. The van der Waals surface area contributed by atoms with Gasteiger partial charge in [-0.1, -0.05) is 92.9 Å². The highest BCUT2D eigenvalue weighted by Crippen LogP contribution is 2.22. The molecule has 7 heteroatoms. The molecule has 2 amide bonds. The summed E-state index contributed by atoms with van der Waals surface area (Å²) in [4.78, 5) is 38.9. The van der Waals surface area contributed by atoms with Crippen molar-refractivity contribution >= 4 is 44.5 Å². The first-order chi connectivity index (χ1) is 15.8. The number of carbonyl (C=O) groups is 3. The van der Waals surface area contributed by atoms with Gasteiger partial charge in [-0.3, -0.25) is 9.59 Å². The van der Waals surface area contributed by atoms with E-state index in [9.17, 15) is 14.4 Å². The third-order valence-corrected chi connectivity index (χ3v) is 5.93. The van der Waals surface area contributed by atoms with E-state index in [0.29, 0.717) is 23.0 Å². The Bertz CT molecular complexity index is 1010. The number of unbranched alkanes of at least 4 members (excludes halogenated alkanes) is 1. The summed E-state index contributed by atoms with van der Waals surface area (Å²) in [6, 6.07) is 12.9. The zero-order chi connectivity index (χ0) is 24.4. The van der Waals surface area contributed by atoms with Gasteiger partial charge in [0, 0.05) is 11.0 Å². The minimum absolute atomic E-state index is 0.157. The molecule has 0 heterocycles. The highest BCUT2D eigenvalue weighted by atomic mass is 79.9. The van der Waals surface area contributed by atoms with Crippen LogP contribution in [-0.2, 0) is 14.3 Å². The number of ether oxygens (including phenoxy) is 1. The predicted octanol–water partition coefficient (Wildman–Crippen LogP) is 5.46. The number of rotatable bonds is 11. The lowest BCUT2D eigenvalue weighted by molar-refractivity contribution is -0.132. The fourth-order valence-electron chi connectivity index (χ4n) is 3.33. The summed E-state index contributed by atoms with van der Waals surface area (Å²) in [6.07, 6.45) is 2.12. The summed E-state index contributed by atoms with van der Waals surface area (Å²) in [5.41, 5.74) is 0.552. The number of esters is 1. The zero-order valence-corrected chi connectivity index (χ0v) is 21.3. The summed E-state index contributed by atoms with van der Waals surface area (Å²) >= 11 is 3.44. The van der Waals surface area contributed by atoms with Crippen molar-refractivity contribution in [3.05, 3.63) is 58.2 Å². The molecule has 2 aromatic carbocycles. The fraction of sp³-hybridized carbons (Fsp3) is 0.423. The monoisotopic (exact) mass is 516 g/mol. The number of carbonyl (C=O) groups excluding carboxylic acids is 3. The number of hydrogen-bond acceptors (Lipinski definition) is 4. The topological polar surface area (TPSA) is 84.5 Å². The first-order valence-electron chi connectivity index (χ1n) is 11.5. The lowest BCUT2D eigenvalue weighted by atomic mass is 10.0. The maximum absolute atomic E-state index is 13.1. The van der Waals surface area contributed by atoms with Crippen molar-refractivity contribution in [1.82, 2.24) is 10.6 Å². The molecule has 0 fully saturated rings. The Balaban J connectivity index is 2.24. The van der Waals surface area contributed by atoms with Gasteiger partial charge in [0.2, 0.25) is 0 Å². The van der Waals surface area contributed by atoms with Crippen LogP contribution >= 0.6 is 15.9 Å². The first-order valence-corrected chi connectivity index (χ1v) is 12.3. The minimum Gasteiger partial charge on any atom is -0.448 e. The molecule has 2 rings (SSSR count). The van der Waals surface area contributed by atoms with E-state index >= 15 is 0 Å². The summed E-state index contributed by atoms with van der Waals surface area (Å²) in [5.74, 6) is -1.77. The van der Waals surface area contributed by atoms with Crippen LogP contribution in [0.2, 0.25) is 0 Å². The van der Waals surface area contributed by atoms with Crippen molar-refractivity contribution in [2.45, 2.75) is 59.5 Å². The van der Waals surface area contributed by atoms with Crippen LogP contribution in [0.3, 0.4) is 0 Å². The summed E-state index contributed by atoms with van der Waals surface area (Å²) in [6.45, 7) is 8.14. The van der Waals surface area contributed by atoms with E-state index in [1.165, 1.54) is 0 Å². The molecule has 0 aliphatic rings. The van der Waals surface area contributed by atoms with Crippen LogP contribution in [0.5, 0.6) is 0 Å². The summed E-state index contributed by atoms with van der Waals surface area (Å²) in [7, 11) is 0. The third-order valence-electron chi connectivity index (χ3n) is 5.14. The Morgan fingerprint density at radius 1 is 1.00 bits per heavy atom. The van der Waals surface area contributed by atoms with E-state index in [-0.39, 0.29) is 17.5 Å². The van der Waals surface area contributed by atoms with Crippen LogP contribution in [0.4, 0.5) is 0 Å². The molecule has 0 radical (unpaired) electrons. The molecule has 0 aromatic heterocycles. The molecule has 6 nitrogen and oxygen atoms in total. The molecule has 2 N–H and O–H groups in total. The average molecular weight is 517 g/mol. The van der Waals surface area contributed by atoms with Crippen LogP contribution < -0.4 is 10.6 Å². The van der Waals surface area contributed by atoms with E-state index < -0.39 is 18.0 Å². The standard InChI is InChI=1S/C26H33BrN2O4/c1-5-7-16-28-24(30)22(21(27)11-6-2)29-25(31)23(17(3)4)33-26(32)20-15-10-13-18-12-8-9-14-19(18)20/h8-10,12-15,17,23H,5-7,11,16H2,1-4H3,(H,28,30)(H,29,31)/b22-21+. The van der Waals surface area contributed by atoms with Crippen molar-refractivity contribution in [2.24, 2.45) is 5.92 Å². The number of allylic oxidation sites excluding steroid dienone is 1. The van der Waals surface area contributed by atoms with Gasteiger partial charge in [0.25, 0.3) is 11.8 Å². The smallest absolute Gasteiger partial charge is 0.339 e. The van der Waals surface area contributed by atoms with Crippen LogP contribution in [-0.4, -0.2) is 30.4 Å². The minimum atomic E-state index is -1.06. The van der Waals surface area contributed by atoms with Crippen molar-refractivity contribution in [2.75, 3.05) is 6.54 Å². The average Bonchev–Trinajstić information content (AvgIpc) is 2.80. The molecule has 178 valence electrons. The number of nitrogens with one attached hydrogen (secondary N) is 2. The molecular weight excluding hydrogens is 484 g/mol. The maximum atomic E-state index is 13.1. The number of amides is 2. The quantitative estimate of drug-likeness (QED) is 0.236. The zero-order valence-electron chi connectivity index (χ0n) is 19.7. The molecule has 33 heavy (non-hydrogen) atoms. The molecule has 0 aliphatic heterocycles. The Labute approximate surface area is 204 Å². The number of hydrogen-bond donors (Lipinski definition) is 2. The summed E-state index contributed by atoms with van der Waals surface area (Å²) < 4.78 is 6.27. The van der Waals surface area contributed by atoms with Gasteiger partial charge in [0.05, 0.1) is 5.56 Å². The molecule has 1 unspecified atom stereocenters. The molecule has 0 spiro atoms. The molecule has 0 bridgehead atoms. The van der Waals surface area contributed by atoms with E-state index in [2.05, 4.69) is 26.6 Å². The highest BCUT2D eigenvalue weighted by Gasteiger charge is 2.30. The molecular formula is C26H33BrN2O4. The van der Waals surface area contributed by atoms with E-state index in [1.54, 1.807) is 26.0 Å². The molecule has 0 saturated carbocycles. The van der Waals surface area contributed by atoms with Crippen molar-refractivity contribution < 1.29 is 19.1 Å². The van der Waals surface area contributed by atoms with Crippen LogP contribution in [0.15, 0.2) is 52.6 Å². The Hall–Kier alpha value is -2.67. The van der Waals surface area contributed by atoms with Crippen molar-refractivity contribution in [3.8, 4) is 0 Å². The lowest BCUT2D eigenvalue weighted by Crippen LogP contribution is -2.44. The first kappa shape index (κ1) is 26.6. The van der Waals surface area contributed by atoms with E-state index in [4.69, 9.17) is 4.74 Å². The predicted molar refractivity (Wildman–Crippen MR) is 135 cm³/mol. The van der Waals surface area contributed by atoms with Gasteiger partial charge in [0.15, 0.2) is 6.10 Å². The van der Waals surface area contributed by atoms with Crippen molar-refractivity contribution in [3.63, 3.8) is 0 Å². The molecule has 0 saturated heterocycles. The Morgan fingerprint density at radius 3 is 2.36 bits per heavy atom. The SMILES string of the molecule is CCCCNC(=O)/C(NC(=O)C(OC(=O)c1cccc2ccccc12)C(C)C)=C(\Br)CCC. The van der Waals surface area contributed by atoms with E-state index in [0.717, 1.165) is 30.0 Å². The highest BCUT2D eigenvalue weighted by molar-refractivity contribution is 9.11. The van der Waals surface area contributed by atoms with Gasteiger partial charge in [-0.2, -0.15) is 0 Å². The van der Waals surface area contributed by atoms with Gasteiger partial charge in [-0.05, 0) is 35.6 Å². The molecule has 2 aromatic rings. The largest absolute Gasteiger partial charge is 0.448 e. The normalized spacial score (nSPS) is 12.8. The third kappa shape index (κ3) is 7.42. The number of halogens is 1. The van der Waals surface area contributed by atoms with Gasteiger partial charge in [-0.25, -0.2) is 4.79 Å². The Morgan fingerprint density at radius 2 is 1.70 bits per heavy atom. The molecule has 0 aliphatic carbocycles. The fourth-order valence-corrected chi connectivity index (χ4v) is 4.00. The second-order valence-corrected chi connectivity index (χ2v) is 9.18. The molecule has 1 atom stereocenters. The Kier molecular flexibility index (Phi) is 10.6.